The number of carbonyl (C=O) groups is 3. The summed E-state index contributed by atoms with van der Waals surface area (Å²) in [5.41, 5.74) is 1.04. The van der Waals surface area contributed by atoms with Crippen LogP contribution >= 0.6 is 11.6 Å². The number of nitrogens with zero attached hydrogens (tertiary/aromatic N) is 5. The minimum atomic E-state index is -0.646. The lowest BCUT2D eigenvalue weighted by Crippen LogP contribution is -2.57. The minimum Gasteiger partial charge on any atom is -0.444 e. The summed E-state index contributed by atoms with van der Waals surface area (Å²) in [4.78, 5) is 53.3. The zero-order valence-electron chi connectivity index (χ0n) is 20.1. The Morgan fingerprint density at radius 3 is 2.38 bits per heavy atom. The molecule has 1 aliphatic rings. The summed E-state index contributed by atoms with van der Waals surface area (Å²) in [5.74, 6) is -0.485. The molecule has 0 aromatic carbocycles. The number of pyridine rings is 1. The number of ether oxygens (including phenoxy) is 1. The lowest BCUT2D eigenvalue weighted by Gasteiger charge is -2.46. The average Bonchev–Trinajstić information content (AvgIpc) is 2.76. The Morgan fingerprint density at radius 2 is 1.76 bits per heavy atom. The minimum absolute atomic E-state index is 0.126. The smallest absolute Gasteiger partial charge is 0.410 e. The molecule has 3 heterocycles. The van der Waals surface area contributed by atoms with E-state index in [2.05, 4.69) is 20.3 Å². The second kappa shape index (κ2) is 9.92. The van der Waals surface area contributed by atoms with Crippen LogP contribution in [0.2, 0.25) is 5.15 Å². The van der Waals surface area contributed by atoms with Gasteiger partial charge in [0.1, 0.15) is 22.8 Å². The molecule has 1 saturated heterocycles. The molecule has 2 aromatic rings. The highest BCUT2D eigenvalue weighted by Gasteiger charge is 2.40. The maximum absolute atomic E-state index is 12.9. The van der Waals surface area contributed by atoms with Crippen LogP contribution in [-0.4, -0.2) is 74.4 Å². The maximum Gasteiger partial charge on any atom is 0.410 e. The van der Waals surface area contributed by atoms with E-state index in [0.717, 1.165) is 0 Å². The molecule has 34 heavy (non-hydrogen) atoms. The Balaban J connectivity index is 2.03. The molecule has 1 aliphatic heterocycles. The summed E-state index contributed by atoms with van der Waals surface area (Å²) < 4.78 is 5.58. The van der Waals surface area contributed by atoms with Crippen molar-refractivity contribution in [2.75, 3.05) is 20.1 Å². The lowest BCUT2D eigenvalue weighted by molar-refractivity contribution is -0.136. The number of nitrogens with one attached hydrogen (secondary N) is 1. The van der Waals surface area contributed by atoms with Gasteiger partial charge >= 0.3 is 6.09 Å². The Kier molecular flexibility index (Phi) is 7.40. The molecule has 182 valence electrons. The van der Waals surface area contributed by atoms with Crippen LogP contribution in [0.25, 0.3) is 11.4 Å². The topological polar surface area (TPSA) is 118 Å². The van der Waals surface area contributed by atoms with Crippen LogP contribution in [0.4, 0.5) is 4.79 Å². The van der Waals surface area contributed by atoms with Gasteiger partial charge in [0.05, 0.1) is 23.5 Å². The first-order valence-corrected chi connectivity index (χ1v) is 11.3. The Bertz CT molecular complexity index is 1100. The van der Waals surface area contributed by atoms with E-state index in [4.69, 9.17) is 16.3 Å². The van der Waals surface area contributed by atoms with E-state index in [1.54, 1.807) is 21.9 Å². The van der Waals surface area contributed by atoms with Gasteiger partial charge in [-0.25, -0.2) is 19.7 Å². The summed E-state index contributed by atoms with van der Waals surface area (Å²) in [7, 11) is 1.51. The van der Waals surface area contributed by atoms with Crippen LogP contribution in [0.1, 0.15) is 56.7 Å². The van der Waals surface area contributed by atoms with Gasteiger partial charge in [0, 0.05) is 27.1 Å². The van der Waals surface area contributed by atoms with E-state index in [1.165, 1.54) is 26.4 Å². The van der Waals surface area contributed by atoms with Gasteiger partial charge in [0.25, 0.3) is 5.91 Å². The van der Waals surface area contributed by atoms with E-state index in [1.807, 2.05) is 27.7 Å². The highest BCUT2D eigenvalue weighted by Crippen LogP contribution is 2.34. The third-order valence-corrected chi connectivity index (χ3v) is 5.64. The molecule has 0 aliphatic carbocycles. The van der Waals surface area contributed by atoms with E-state index in [-0.39, 0.29) is 22.7 Å². The molecule has 0 bridgehead atoms. The van der Waals surface area contributed by atoms with Gasteiger partial charge in [-0.2, -0.15) is 0 Å². The van der Waals surface area contributed by atoms with Crippen LogP contribution in [-0.2, 0) is 9.53 Å². The van der Waals surface area contributed by atoms with Crippen molar-refractivity contribution in [2.45, 2.75) is 52.3 Å². The van der Waals surface area contributed by atoms with Crippen LogP contribution in [0.3, 0.4) is 0 Å². The molecular formula is C23H29ClN6O4. The number of hydrogen-bond acceptors (Lipinski definition) is 7. The molecule has 3 rings (SSSR count). The van der Waals surface area contributed by atoms with Crippen molar-refractivity contribution < 1.29 is 19.1 Å². The Hall–Kier alpha value is -3.27. The fraction of sp³-hybridized carbons (Fsp3) is 0.478. The second-order valence-corrected chi connectivity index (χ2v) is 9.43. The molecule has 1 N–H and O–H groups in total. The lowest BCUT2D eigenvalue weighted by atomic mass is 9.94. The third kappa shape index (κ3) is 5.61. The van der Waals surface area contributed by atoms with Crippen molar-refractivity contribution in [2.24, 2.45) is 0 Å². The summed E-state index contributed by atoms with van der Waals surface area (Å²) in [6.45, 7) is 9.47. The average molecular weight is 489 g/mol. The SMILES string of the molecule is CNC(=O)c1cc(-c2cc(C3C(C)N(C(=O)OC(C)(C)C)CCN3C(C)=O)cc(Cl)n2)ncn1. The fourth-order valence-electron chi connectivity index (χ4n) is 3.95. The van der Waals surface area contributed by atoms with Gasteiger partial charge < -0.3 is 19.9 Å². The van der Waals surface area contributed by atoms with Crippen molar-refractivity contribution in [3.05, 3.63) is 40.9 Å². The monoisotopic (exact) mass is 488 g/mol. The van der Waals surface area contributed by atoms with Crippen molar-refractivity contribution in [1.82, 2.24) is 30.1 Å². The van der Waals surface area contributed by atoms with Crippen LogP contribution in [0.15, 0.2) is 24.5 Å². The summed E-state index contributed by atoms with van der Waals surface area (Å²) in [5, 5.41) is 2.71. The zero-order valence-corrected chi connectivity index (χ0v) is 20.9. The fourth-order valence-corrected chi connectivity index (χ4v) is 4.16. The van der Waals surface area contributed by atoms with Crippen LogP contribution in [0.5, 0.6) is 0 Å². The first-order chi connectivity index (χ1) is 15.9. The van der Waals surface area contributed by atoms with Gasteiger partial charge in [-0.15, -0.1) is 0 Å². The van der Waals surface area contributed by atoms with E-state index in [0.29, 0.717) is 30.0 Å². The summed E-state index contributed by atoms with van der Waals surface area (Å²) in [6, 6.07) is 4.06. The quantitative estimate of drug-likeness (QED) is 0.659. The number of halogens is 1. The van der Waals surface area contributed by atoms with Crippen LogP contribution < -0.4 is 5.32 Å². The number of aromatic nitrogens is 3. The molecule has 2 atom stereocenters. The number of carbonyl (C=O) groups excluding carboxylic acids is 3. The molecule has 0 spiro atoms. The third-order valence-electron chi connectivity index (χ3n) is 5.45. The molecule has 10 nitrogen and oxygen atoms in total. The van der Waals surface area contributed by atoms with Crippen molar-refractivity contribution in [3.63, 3.8) is 0 Å². The van der Waals surface area contributed by atoms with Crippen molar-refractivity contribution >= 4 is 29.5 Å². The first-order valence-electron chi connectivity index (χ1n) is 10.9. The highest BCUT2D eigenvalue weighted by molar-refractivity contribution is 6.29. The molecule has 0 saturated carbocycles. The number of rotatable bonds is 3. The standard InChI is InChI=1S/C23H29ClN6O4/c1-13-20(30(14(2)31)8-7-29(13)22(33)34-23(3,4)5)15-9-17(28-19(24)10-15)16-11-18(21(32)25-6)27-12-26-16/h9-13,20H,7-8H2,1-6H3,(H,25,32). The summed E-state index contributed by atoms with van der Waals surface area (Å²) >= 11 is 6.37. The Morgan fingerprint density at radius 1 is 1.09 bits per heavy atom. The molecule has 3 amide bonds. The highest BCUT2D eigenvalue weighted by atomic mass is 35.5. The zero-order chi connectivity index (χ0) is 25.2. The molecule has 1 fully saturated rings. The van der Waals surface area contributed by atoms with Gasteiger partial charge in [-0.1, -0.05) is 11.6 Å². The van der Waals surface area contributed by atoms with Gasteiger partial charge in [0.15, 0.2) is 0 Å². The van der Waals surface area contributed by atoms with E-state index >= 15 is 0 Å². The van der Waals surface area contributed by atoms with E-state index in [9.17, 15) is 14.4 Å². The predicted molar refractivity (Wildman–Crippen MR) is 126 cm³/mol. The van der Waals surface area contributed by atoms with Crippen LogP contribution in [0, 0.1) is 0 Å². The molecule has 2 aromatic heterocycles. The van der Waals surface area contributed by atoms with E-state index < -0.39 is 23.8 Å². The largest absolute Gasteiger partial charge is 0.444 e. The molecule has 11 heteroatoms. The Labute approximate surface area is 203 Å². The van der Waals surface area contributed by atoms with Crippen molar-refractivity contribution in [3.8, 4) is 11.4 Å². The van der Waals surface area contributed by atoms with Gasteiger partial charge in [-0.3, -0.25) is 9.59 Å². The summed E-state index contributed by atoms with van der Waals surface area (Å²) in [6.07, 6.45) is 0.830. The molecule has 2 unspecified atom stereocenters. The predicted octanol–water partition coefficient (Wildman–Crippen LogP) is 3.08. The molecular weight excluding hydrogens is 460 g/mol. The first kappa shape index (κ1) is 25.4. The second-order valence-electron chi connectivity index (χ2n) is 9.05. The number of hydrogen-bond donors (Lipinski definition) is 1. The van der Waals surface area contributed by atoms with Crippen molar-refractivity contribution in [1.29, 1.82) is 0 Å². The number of amides is 3. The van der Waals surface area contributed by atoms with Gasteiger partial charge in [0.2, 0.25) is 5.91 Å². The number of piperazine rings is 1. The normalized spacial score (nSPS) is 18.4. The molecule has 0 radical (unpaired) electrons. The maximum atomic E-state index is 12.9. The van der Waals surface area contributed by atoms with Gasteiger partial charge in [-0.05, 0) is 51.5 Å².